The van der Waals surface area contributed by atoms with E-state index in [1.807, 2.05) is 33.3 Å². The molecule has 0 saturated carbocycles. The van der Waals surface area contributed by atoms with Gasteiger partial charge in [0.2, 0.25) is 0 Å². The Bertz CT molecular complexity index is 1140. The van der Waals surface area contributed by atoms with E-state index in [4.69, 9.17) is 18.5 Å². The summed E-state index contributed by atoms with van der Waals surface area (Å²) in [5, 5.41) is 0. The van der Waals surface area contributed by atoms with Crippen LogP contribution in [-0.2, 0) is 27.9 Å². The van der Waals surface area contributed by atoms with E-state index in [2.05, 4.69) is 74.6 Å². The third-order valence-corrected chi connectivity index (χ3v) is 10.2. The standard InChI is InChI=1S/C48H86NO7P/c1-6-8-10-12-14-16-18-20-22-24-25-26-27-29-31-33-35-37-39-41-48(50)56-47(46-55-57(51,52)54-44-42-49(3,4)5)45-53-43-40-38-36-34-32-30-28-23-21-19-17-15-13-11-9-7-2/h8,10,14,16,20,22,25-26,29,31,35,37,47H,6-7,9,11-13,15,17-19,21,23-24,27-28,30,32-34,36,38-46H2,1-5H3/b10-8-,16-14-,22-20-,26-25-,31-29-,37-35-/t47-/m0/s1. The first kappa shape index (κ1) is 54.9. The molecule has 0 aliphatic rings. The largest absolute Gasteiger partial charge is 0.756 e. The number of esters is 1. The molecular formula is C48H86NO7P. The van der Waals surface area contributed by atoms with Gasteiger partial charge in [0.15, 0.2) is 0 Å². The number of ether oxygens (including phenoxy) is 2. The van der Waals surface area contributed by atoms with Crippen LogP contribution in [0.1, 0.15) is 168 Å². The summed E-state index contributed by atoms with van der Waals surface area (Å²) in [6.07, 6.45) is 52.2. The van der Waals surface area contributed by atoms with Crippen LogP contribution < -0.4 is 4.89 Å². The number of quaternary nitrogens is 1. The molecule has 0 radical (unpaired) electrons. The van der Waals surface area contributed by atoms with Crippen molar-refractivity contribution in [3.8, 4) is 0 Å². The number of nitrogens with zero attached hydrogens (tertiary/aromatic N) is 1. The quantitative estimate of drug-likeness (QED) is 0.0199. The van der Waals surface area contributed by atoms with Crippen molar-refractivity contribution in [2.75, 3.05) is 54.1 Å². The minimum absolute atomic E-state index is 0.0104. The van der Waals surface area contributed by atoms with Gasteiger partial charge in [0, 0.05) is 13.0 Å². The first-order chi connectivity index (χ1) is 27.6. The number of likely N-dealkylation sites (N-methyl/N-ethyl adjacent to an activating group) is 1. The third kappa shape index (κ3) is 44.9. The molecule has 57 heavy (non-hydrogen) atoms. The lowest BCUT2D eigenvalue weighted by molar-refractivity contribution is -0.870. The Kier molecular flexibility index (Phi) is 39.2. The average Bonchev–Trinajstić information content (AvgIpc) is 3.16. The van der Waals surface area contributed by atoms with Crippen molar-refractivity contribution < 1.29 is 37.3 Å². The second kappa shape index (κ2) is 40.7. The first-order valence-electron chi connectivity index (χ1n) is 22.7. The van der Waals surface area contributed by atoms with Crippen molar-refractivity contribution >= 4 is 13.8 Å². The Labute approximate surface area is 351 Å². The molecule has 8 nitrogen and oxygen atoms in total. The molecule has 0 aromatic carbocycles. The van der Waals surface area contributed by atoms with E-state index in [1.165, 1.54) is 89.9 Å². The van der Waals surface area contributed by atoms with Crippen molar-refractivity contribution in [2.24, 2.45) is 0 Å². The predicted octanol–water partition coefficient (Wildman–Crippen LogP) is 12.9. The Balaban J connectivity index is 4.36. The van der Waals surface area contributed by atoms with Crippen LogP contribution in [0.3, 0.4) is 0 Å². The van der Waals surface area contributed by atoms with Crippen LogP contribution in [0.5, 0.6) is 0 Å². The molecule has 0 rings (SSSR count). The van der Waals surface area contributed by atoms with Gasteiger partial charge in [-0.25, -0.2) is 0 Å². The highest BCUT2D eigenvalue weighted by Crippen LogP contribution is 2.38. The SMILES string of the molecule is CC/C=C\C/C=C\C/C=C\C/C=C\C/C=C\C/C=C\CCC(=O)O[C@@H](COCCCCCCCCCCCCCCCCCC)COP(=O)([O-])OCC[N+](C)(C)C. The predicted molar refractivity (Wildman–Crippen MR) is 240 cm³/mol. The molecule has 9 heteroatoms. The summed E-state index contributed by atoms with van der Waals surface area (Å²) < 4.78 is 34.5. The Morgan fingerprint density at radius 1 is 0.561 bits per heavy atom. The maximum atomic E-state index is 12.7. The van der Waals surface area contributed by atoms with E-state index in [9.17, 15) is 14.3 Å². The van der Waals surface area contributed by atoms with Crippen LogP contribution in [0, 0.1) is 0 Å². The smallest absolute Gasteiger partial charge is 0.306 e. The van der Waals surface area contributed by atoms with Gasteiger partial charge in [-0.15, -0.1) is 0 Å². The van der Waals surface area contributed by atoms with Crippen molar-refractivity contribution in [3.63, 3.8) is 0 Å². The fourth-order valence-electron chi connectivity index (χ4n) is 5.81. The summed E-state index contributed by atoms with van der Waals surface area (Å²) in [6.45, 7) is 5.20. The van der Waals surface area contributed by atoms with Crippen LogP contribution in [0.15, 0.2) is 72.9 Å². The van der Waals surface area contributed by atoms with Gasteiger partial charge < -0.3 is 27.9 Å². The highest BCUT2D eigenvalue weighted by Gasteiger charge is 2.20. The van der Waals surface area contributed by atoms with Crippen LogP contribution in [0.4, 0.5) is 0 Å². The number of rotatable bonds is 41. The van der Waals surface area contributed by atoms with Crippen molar-refractivity contribution in [2.45, 2.75) is 174 Å². The molecular weight excluding hydrogens is 734 g/mol. The Hall–Kier alpha value is -2.06. The number of hydrogen-bond donors (Lipinski definition) is 0. The van der Waals surface area contributed by atoms with Gasteiger partial charge in [-0.05, 0) is 51.4 Å². The number of hydrogen-bond acceptors (Lipinski definition) is 7. The zero-order valence-corrected chi connectivity index (χ0v) is 38.2. The minimum atomic E-state index is -4.55. The number of carbonyl (C=O) groups excluding carboxylic acids is 1. The minimum Gasteiger partial charge on any atom is -0.756 e. The Morgan fingerprint density at radius 2 is 0.982 bits per heavy atom. The molecule has 0 fully saturated rings. The van der Waals surface area contributed by atoms with Crippen LogP contribution in [0.2, 0.25) is 0 Å². The first-order valence-corrected chi connectivity index (χ1v) is 24.1. The fraction of sp³-hybridized carbons (Fsp3) is 0.729. The zero-order valence-electron chi connectivity index (χ0n) is 37.3. The molecule has 0 saturated heterocycles. The lowest BCUT2D eigenvalue weighted by Crippen LogP contribution is -2.37. The molecule has 1 unspecified atom stereocenters. The van der Waals surface area contributed by atoms with E-state index in [-0.39, 0.29) is 26.2 Å². The summed E-state index contributed by atoms with van der Waals surface area (Å²) in [5.41, 5.74) is 0. The molecule has 0 aromatic rings. The topological polar surface area (TPSA) is 94.1 Å². The zero-order chi connectivity index (χ0) is 42.0. The van der Waals surface area contributed by atoms with E-state index in [0.29, 0.717) is 24.1 Å². The molecule has 0 aliphatic carbocycles. The van der Waals surface area contributed by atoms with Crippen LogP contribution in [0.25, 0.3) is 0 Å². The fourth-order valence-corrected chi connectivity index (χ4v) is 6.54. The van der Waals surface area contributed by atoms with Gasteiger partial charge in [0.1, 0.15) is 19.3 Å². The van der Waals surface area contributed by atoms with Gasteiger partial charge in [-0.1, -0.05) is 183 Å². The second-order valence-corrected chi connectivity index (χ2v) is 17.4. The van der Waals surface area contributed by atoms with Crippen LogP contribution in [-0.4, -0.2) is 70.7 Å². The monoisotopic (exact) mass is 820 g/mol. The summed E-state index contributed by atoms with van der Waals surface area (Å²) >= 11 is 0. The van der Waals surface area contributed by atoms with Gasteiger partial charge >= 0.3 is 5.97 Å². The Morgan fingerprint density at radius 3 is 1.42 bits per heavy atom. The van der Waals surface area contributed by atoms with Gasteiger partial charge in [-0.3, -0.25) is 9.36 Å². The maximum absolute atomic E-state index is 12.7. The molecule has 0 aromatic heterocycles. The number of unbranched alkanes of at least 4 members (excludes halogenated alkanes) is 15. The highest BCUT2D eigenvalue weighted by atomic mass is 31.2. The normalized spacial score (nSPS) is 14.4. The molecule has 0 bridgehead atoms. The highest BCUT2D eigenvalue weighted by molar-refractivity contribution is 7.45. The lowest BCUT2D eigenvalue weighted by Gasteiger charge is -2.28. The number of phosphoric ester groups is 1. The van der Waals surface area contributed by atoms with E-state index < -0.39 is 19.9 Å². The number of carbonyl (C=O) groups is 1. The van der Waals surface area contributed by atoms with Crippen molar-refractivity contribution in [3.05, 3.63) is 72.9 Å². The summed E-state index contributed by atoms with van der Waals surface area (Å²) in [6, 6.07) is 0. The molecule has 0 aliphatic heterocycles. The maximum Gasteiger partial charge on any atom is 0.306 e. The summed E-state index contributed by atoms with van der Waals surface area (Å²) in [5.74, 6) is -0.416. The van der Waals surface area contributed by atoms with Gasteiger partial charge in [0.25, 0.3) is 7.82 Å². The molecule has 330 valence electrons. The van der Waals surface area contributed by atoms with E-state index >= 15 is 0 Å². The van der Waals surface area contributed by atoms with E-state index in [1.54, 1.807) is 0 Å². The molecule has 0 N–H and O–H groups in total. The van der Waals surface area contributed by atoms with E-state index in [0.717, 1.165) is 51.4 Å². The third-order valence-electron chi connectivity index (χ3n) is 9.29. The van der Waals surface area contributed by atoms with Crippen molar-refractivity contribution in [1.82, 2.24) is 0 Å². The van der Waals surface area contributed by atoms with Crippen molar-refractivity contribution in [1.29, 1.82) is 0 Å². The molecule has 0 amide bonds. The summed E-state index contributed by atoms with van der Waals surface area (Å²) in [4.78, 5) is 25.0. The number of allylic oxidation sites excluding steroid dienone is 12. The molecule has 0 spiro atoms. The number of phosphoric acid groups is 1. The van der Waals surface area contributed by atoms with Crippen LogP contribution >= 0.6 is 7.82 Å². The lowest BCUT2D eigenvalue weighted by atomic mass is 10.0. The summed E-state index contributed by atoms with van der Waals surface area (Å²) in [7, 11) is 1.30. The molecule has 2 atom stereocenters. The second-order valence-electron chi connectivity index (χ2n) is 16.0. The van der Waals surface area contributed by atoms with Gasteiger partial charge in [0.05, 0.1) is 34.4 Å². The van der Waals surface area contributed by atoms with Gasteiger partial charge in [-0.2, -0.15) is 0 Å². The molecule has 0 heterocycles. The average molecular weight is 820 g/mol.